The van der Waals surface area contributed by atoms with Gasteiger partial charge in [-0.05, 0) is 61.4 Å². The van der Waals surface area contributed by atoms with Gasteiger partial charge in [0.2, 0.25) is 5.88 Å². The van der Waals surface area contributed by atoms with Gasteiger partial charge < -0.3 is 20.3 Å². The zero-order valence-electron chi connectivity index (χ0n) is 20.2. The van der Waals surface area contributed by atoms with Gasteiger partial charge in [0.15, 0.2) is 0 Å². The number of hydrogen-bond acceptors (Lipinski definition) is 5. The zero-order valence-corrected chi connectivity index (χ0v) is 21.0. The van der Waals surface area contributed by atoms with E-state index in [2.05, 4.69) is 9.88 Å². The molecule has 188 valence electrons. The summed E-state index contributed by atoms with van der Waals surface area (Å²) in [4.78, 5) is 33.8. The molecule has 0 bridgehead atoms. The van der Waals surface area contributed by atoms with Crippen LogP contribution in [-0.4, -0.2) is 54.0 Å². The van der Waals surface area contributed by atoms with Crippen molar-refractivity contribution in [3.63, 3.8) is 0 Å². The standard InChI is InChI=1S/C27H28ClFN4O3/c1-3-19-16-32(27(35)21-9-8-18(29)15-23(21)28)12-13-33(19)24-10-7-17(14-22(24)25(30)34)20-6-5-11-31-26(20)36-4-2/h5-11,14-15,19H,3-4,12-13,16H2,1-2H3,(H2,30,34)/t19-/m1/s1. The zero-order chi connectivity index (χ0) is 25.8. The Morgan fingerprint density at radius 3 is 2.64 bits per heavy atom. The third kappa shape index (κ3) is 5.14. The molecule has 1 saturated heterocycles. The van der Waals surface area contributed by atoms with Gasteiger partial charge in [-0.1, -0.05) is 24.6 Å². The number of carbonyl (C=O) groups excluding carboxylic acids is 2. The molecule has 0 radical (unpaired) electrons. The predicted octanol–water partition coefficient (Wildman–Crippen LogP) is 4.78. The molecule has 7 nitrogen and oxygen atoms in total. The number of amides is 2. The van der Waals surface area contributed by atoms with Gasteiger partial charge >= 0.3 is 0 Å². The van der Waals surface area contributed by atoms with Gasteiger partial charge in [0.05, 0.1) is 22.8 Å². The van der Waals surface area contributed by atoms with E-state index in [4.69, 9.17) is 22.1 Å². The van der Waals surface area contributed by atoms with Crippen molar-refractivity contribution in [3.8, 4) is 17.0 Å². The molecule has 1 aliphatic heterocycles. The van der Waals surface area contributed by atoms with Gasteiger partial charge in [-0.2, -0.15) is 0 Å². The van der Waals surface area contributed by atoms with E-state index in [0.717, 1.165) is 23.6 Å². The van der Waals surface area contributed by atoms with Crippen molar-refractivity contribution in [1.29, 1.82) is 0 Å². The molecule has 3 aromatic rings. The summed E-state index contributed by atoms with van der Waals surface area (Å²) >= 11 is 6.13. The van der Waals surface area contributed by atoms with Crippen molar-refractivity contribution in [2.45, 2.75) is 26.3 Å². The minimum Gasteiger partial charge on any atom is -0.478 e. The van der Waals surface area contributed by atoms with Gasteiger partial charge in [0.1, 0.15) is 5.82 Å². The Bertz CT molecular complexity index is 1290. The first kappa shape index (κ1) is 25.4. The Morgan fingerprint density at radius 2 is 1.94 bits per heavy atom. The minimum absolute atomic E-state index is 0.0525. The summed E-state index contributed by atoms with van der Waals surface area (Å²) in [5, 5.41) is 0.0869. The third-order valence-corrected chi connectivity index (χ3v) is 6.65. The molecular weight excluding hydrogens is 483 g/mol. The first-order valence-electron chi connectivity index (χ1n) is 11.9. The summed E-state index contributed by atoms with van der Waals surface area (Å²) < 4.78 is 19.1. The number of hydrogen-bond donors (Lipinski definition) is 1. The number of rotatable bonds is 7. The van der Waals surface area contributed by atoms with Crippen LogP contribution in [0.1, 0.15) is 41.0 Å². The smallest absolute Gasteiger partial charge is 0.255 e. The summed E-state index contributed by atoms with van der Waals surface area (Å²) in [7, 11) is 0. The lowest BCUT2D eigenvalue weighted by Crippen LogP contribution is -2.55. The quantitative estimate of drug-likeness (QED) is 0.494. The van der Waals surface area contributed by atoms with E-state index in [0.29, 0.717) is 43.4 Å². The second-order valence-corrected chi connectivity index (χ2v) is 8.92. The molecule has 1 aromatic heterocycles. The number of benzene rings is 2. The maximum Gasteiger partial charge on any atom is 0.255 e. The lowest BCUT2D eigenvalue weighted by Gasteiger charge is -2.43. The molecule has 36 heavy (non-hydrogen) atoms. The number of primary amides is 1. The Kier molecular flexibility index (Phi) is 7.74. The fourth-order valence-electron chi connectivity index (χ4n) is 4.55. The molecule has 2 N–H and O–H groups in total. The first-order valence-corrected chi connectivity index (χ1v) is 12.2. The molecule has 4 rings (SSSR count). The van der Waals surface area contributed by atoms with Crippen LogP contribution in [0, 0.1) is 5.82 Å². The normalized spacial score (nSPS) is 15.6. The summed E-state index contributed by atoms with van der Waals surface area (Å²) in [6, 6.07) is 13.0. The molecule has 0 spiro atoms. The highest BCUT2D eigenvalue weighted by molar-refractivity contribution is 6.33. The minimum atomic E-state index is -0.542. The van der Waals surface area contributed by atoms with E-state index in [-0.39, 0.29) is 22.5 Å². The lowest BCUT2D eigenvalue weighted by atomic mass is 9.99. The number of nitrogens with two attached hydrogens (primary N) is 1. The van der Waals surface area contributed by atoms with E-state index in [1.165, 1.54) is 12.1 Å². The maximum absolute atomic E-state index is 13.4. The van der Waals surface area contributed by atoms with Gasteiger partial charge in [0, 0.05) is 43.1 Å². The van der Waals surface area contributed by atoms with Gasteiger partial charge in [-0.25, -0.2) is 9.37 Å². The molecule has 1 atom stereocenters. The van der Waals surface area contributed by atoms with Crippen molar-refractivity contribution in [3.05, 3.63) is 76.7 Å². The second-order valence-electron chi connectivity index (χ2n) is 8.52. The predicted molar refractivity (Wildman–Crippen MR) is 138 cm³/mol. The fourth-order valence-corrected chi connectivity index (χ4v) is 4.80. The van der Waals surface area contributed by atoms with E-state index in [1.807, 2.05) is 38.1 Å². The third-order valence-electron chi connectivity index (χ3n) is 6.34. The van der Waals surface area contributed by atoms with Crippen molar-refractivity contribution in [2.75, 3.05) is 31.1 Å². The highest BCUT2D eigenvalue weighted by Crippen LogP contribution is 2.34. The molecule has 1 fully saturated rings. The summed E-state index contributed by atoms with van der Waals surface area (Å²) in [5.41, 5.74) is 8.73. The highest BCUT2D eigenvalue weighted by Gasteiger charge is 2.31. The monoisotopic (exact) mass is 510 g/mol. The van der Waals surface area contributed by atoms with Crippen LogP contribution in [0.3, 0.4) is 0 Å². The van der Waals surface area contributed by atoms with Crippen LogP contribution >= 0.6 is 11.6 Å². The van der Waals surface area contributed by atoms with Gasteiger partial charge in [0.25, 0.3) is 11.8 Å². The number of piperazine rings is 1. The van der Waals surface area contributed by atoms with Crippen LogP contribution in [0.25, 0.3) is 11.1 Å². The molecular formula is C27H28ClFN4O3. The largest absolute Gasteiger partial charge is 0.478 e. The fraction of sp³-hybridized carbons (Fsp3) is 0.296. The topological polar surface area (TPSA) is 88.8 Å². The molecule has 0 unspecified atom stereocenters. The van der Waals surface area contributed by atoms with Crippen molar-refractivity contribution < 1.29 is 18.7 Å². The number of pyridine rings is 1. The molecule has 0 saturated carbocycles. The van der Waals surface area contributed by atoms with E-state index in [9.17, 15) is 14.0 Å². The summed E-state index contributed by atoms with van der Waals surface area (Å²) in [5.74, 6) is -0.792. The van der Waals surface area contributed by atoms with Crippen LogP contribution in [0.4, 0.5) is 10.1 Å². The molecule has 0 aliphatic carbocycles. The van der Waals surface area contributed by atoms with E-state index in [1.54, 1.807) is 17.2 Å². The molecule has 2 heterocycles. The number of carbonyl (C=O) groups is 2. The average Bonchev–Trinajstić information content (AvgIpc) is 2.88. The van der Waals surface area contributed by atoms with Crippen LogP contribution in [-0.2, 0) is 0 Å². The van der Waals surface area contributed by atoms with Crippen LogP contribution in [0.5, 0.6) is 5.88 Å². The number of nitrogens with zero attached hydrogens (tertiary/aromatic N) is 3. The number of halogens is 2. The van der Waals surface area contributed by atoms with Crippen molar-refractivity contribution in [1.82, 2.24) is 9.88 Å². The molecule has 9 heteroatoms. The van der Waals surface area contributed by atoms with Gasteiger partial charge in [-0.15, -0.1) is 0 Å². The molecule has 2 aromatic carbocycles. The number of aromatic nitrogens is 1. The van der Waals surface area contributed by atoms with E-state index < -0.39 is 11.7 Å². The second kappa shape index (κ2) is 11.0. The average molecular weight is 511 g/mol. The Balaban J connectivity index is 1.62. The molecule has 1 aliphatic rings. The van der Waals surface area contributed by atoms with Crippen LogP contribution in [0.2, 0.25) is 5.02 Å². The van der Waals surface area contributed by atoms with Crippen LogP contribution in [0.15, 0.2) is 54.7 Å². The number of anilines is 1. The summed E-state index contributed by atoms with van der Waals surface area (Å²) in [6.07, 6.45) is 2.39. The Hall–Kier alpha value is -3.65. The maximum atomic E-state index is 13.4. The number of ether oxygens (including phenoxy) is 1. The lowest BCUT2D eigenvalue weighted by molar-refractivity contribution is 0.0720. The Labute approximate surface area is 214 Å². The summed E-state index contributed by atoms with van der Waals surface area (Å²) in [6.45, 7) is 5.73. The van der Waals surface area contributed by atoms with E-state index >= 15 is 0 Å². The van der Waals surface area contributed by atoms with Crippen molar-refractivity contribution >= 4 is 29.1 Å². The van der Waals surface area contributed by atoms with Gasteiger partial charge in [-0.3, -0.25) is 9.59 Å². The first-order chi connectivity index (χ1) is 17.3. The highest BCUT2D eigenvalue weighted by atomic mass is 35.5. The van der Waals surface area contributed by atoms with Crippen molar-refractivity contribution in [2.24, 2.45) is 5.73 Å². The molecule has 2 amide bonds. The SMILES string of the molecule is CCOc1ncccc1-c1ccc(N2CCN(C(=O)c3ccc(F)cc3Cl)C[C@H]2CC)c(C(N)=O)c1. The van der Waals surface area contributed by atoms with Crippen LogP contribution < -0.4 is 15.4 Å². The Morgan fingerprint density at radius 1 is 1.14 bits per heavy atom.